The molecular weight excluding hydrogens is 289 g/mol. The highest BCUT2D eigenvalue weighted by molar-refractivity contribution is 7.13. The molecule has 0 aliphatic carbocycles. The summed E-state index contributed by atoms with van der Waals surface area (Å²) in [6, 6.07) is 6.67. The van der Waals surface area contributed by atoms with Crippen LogP contribution in [0.3, 0.4) is 0 Å². The third kappa shape index (κ3) is 2.14. The van der Waals surface area contributed by atoms with Gasteiger partial charge >= 0.3 is 0 Å². The zero-order valence-corrected chi connectivity index (χ0v) is 11.9. The molecule has 0 saturated heterocycles. The van der Waals surface area contributed by atoms with Crippen molar-refractivity contribution in [2.45, 2.75) is 13.1 Å². The lowest BCUT2D eigenvalue weighted by Gasteiger charge is -2.15. The van der Waals surface area contributed by atoms with E-state index in [-0.39, 0.29) is 5.82 Å². The molecule has 1 N–H and O–H groups in total. The molecule has 4 rings (SSSR count). The van der Waals surface area contributed by atoms with Crippen LogP contribution in [-0.2, 0) is 13.1 Å². The Bertz CT molecular complexity index is 794. The minimum Gasteiger partial charge on any atom is -0.308 e. The summed E-state index contributed by atoms with van der Waals surface area (Å²) in [6.45, 7) is 2.43. The first kappa shape index (κ1) is 12.6. The number of thiazole rings is 1. The van der Waals surface area contributed by atoms with Crippen LogP contribution >= 0.6 is 11.3 Å². The Morgan fingerprint density at radius 3 is 3.05 bits per heavy atom. The topological polar surface area (TPSA) is 55.6 Å². The number of nitrogens with zero attached hydrogens (tertiary/aromatic N) is 4. The van der Waals surface area contributed by atoms with Gasteiger partial charge in [-0.2, -0.15) is 0 Å². The maximum Gasteiger partial charge on any atom is 0.183 e. The molecule has 1 aromatic carbocycles. The minimum atomic E-state index is -0.258. The van der Waals surface area contributed by atoms with Gasteiger partial charge in [0.2, 0.25) is 0 Å². The van der Waals surface area contributed by atoms with E-state index in [0.29, 0.717) is 10.6 Å². The fourth-order valence-corrected chi connectivity index (χ4v) is 3.24. The second-order valence-corrected chi connectivity index (χ2v) is 5.64. The molecule has 5 nitrogen and oxygen atoms in total. The average molecular weight is 301 g/mol. The van der Waals surface area contributed by atoms with E-state index in [9.17, 15) is 4.39 Å². The number of hydrogen-bond donors (Lipinski definition) is 1. The van der Waals surface area contributed by atoms with Gasteiger partial charge in [-0.1, -0.05) is 12.1 Å². The highest BCUT2D eigenvalue weighted by atomic mass is 32.1. The van der Waals surface area contributed by atoms with Gasteiger partial charge in [-0.05, 0) is 12.1 Å². The summed E-state index contributed by atoms with van der Waals surface area (Å²) in [4.78, 5) is 4.53. The van der Waals surface area contributed by atoms with E-state index in [1.807, 2.05) is 11.4 Å². The van der Waals surface area contributed by atoms with E-state index in [4.69, 9.17) is 0 Å². The third-order valence-electron chi connectivity index (χ3n) is 3.46. The number of nitrogens with one attached hydrogen (secondary N) is 1. The molecule has 0 atom stereocenters. The number of benzene rings is 1. The average Bonchev–Trinajstić information content (AvgIpc) is 3.14. The summed E-state index contributed by atoms with van der Waals surface area (Å²) in [6.07, 6.45) is 0. The summed E-state index contributed by atoms with van der Waals surface area (Å²) < 4.78 is 15.9. The van der Waals surface area contributed by atoms with Crippen LogP contribution in [0.25, 0.3) is 22.1 Å². The van der Waals surface area contributed by atoms with Gasteiger partial charge in [-0.25, -0.2) is 9.37 Å². The van der Waals surface area contributed by atoms with Crippen LogP contribution in [0.1, 0.15) is 5.82 Å². The summed E-state index contributed by atoms with van der Waals surface area (Å²) in [5, 5.41) is 14.2. The molecule has 0 spiro atoms. The molecule has 21 heavy (non-hydrogen) atoms. The largest absolute Gasteiger partial charge is 0.308 e. The molecule has 0 fully saturated rings. The van der Waals surface area contributed by atoms with Crippen molar-refractivity contribution in [3.63, 3.8) is 0 Å². The molecule has 1 aliphatic rings. The molecule has 0 saturated carbocycles. The van der Waals surface area contributed by atoms with E-state index < -0.39 is 0 Å². The van der Waals surface area contributed by atoms with E-state index in [0.717, 1.165) is 37.0 Å². The van der Waals surface area contributed by atoms with Crippen molar-refractivity contribution < 1.29 is 4.39 Å². The second-order valence-electron chi connectivity index (χ2n) is 4.79. The number of fused-ring (bicyclic) bond motifs is 1. The predicted octanol–water partition coefficient (Wildman–Crippen LogP) is 2.31. The van der Waals surface area contributed by atoms with Crippen molar-refractivity contribution in [2.24, 2.45) is 0 Å². The predicted molar refractivity (Wildman–Crippen MR) is 78.2 cm³/mol. The lowest BCUT2D eigenvalue weighted by Crippen LogP contribution is -2.28. The second kappa shape index (κ2) is 5.01. The fraction of sp³-hybridized carbons (Fsp3) is 0.214. The number of rotatable bonds is 2. The van der Waals surface area contributed by atoms with Crippen LogP contribution in [-0.4, -0.2) is 26.3 Å². The van der Waals surface area contributed by atoms with E-state index in [1.165, 1.54) is 17.4 Å². The third-order valence-corrected chi connectivity index (χ3v) is 4.34. The lowest BCUT2D eigenvalue weighted by atomic mass is 10.2. The molecule has 1 aliphatic heterocycles. The highest BCUT2D eigenvalue weighted by Crippen LogP contribution is 2.30. The number of halogens is 1. The lowest BCUT2D eigenvalue weighted by molar-refractivity contribution is 0.508. The van der Waals surface area contributed by atoms with E-state index >= 15 is 0 Å². The molecule has 0 unspecified atom stereocenters. The van der Waals surface area contributed by atoms with Gasteiger partial charge in [0.15, 0.2) is 5.82 Å². The van der Waals surface area contributed by atoms with E-state index in [2.05, 4.69) is 25.1 Å². The minimum absolute atomic E-state index is 0.258. The first-order valence-corrected chi connectivity index (χ1v) is 7.54. The van der Waals surface area contributed by atoms with Crippen LogP contribution in [0, 0.1) is 5.82 Å². The quantitative estimate of drug-likeness (QED) is 0.789. The molecule has 0 radical (unpaired) electrons. The van der Waals surface area contributed by atoms with Crippen molar-refractivity contribution in [2.75, 3.05) is 6.54 Å². The van der Waals surface area contributed by atoms with Gasteiger partial charge in [-0.3, -0.25) is 0 Å². The van der Waals surface area contributed by atoms with Crippen LogP contribution in [0.15, 0.2) is 29.6 Å². The highest BCUT2D eigenvalue weighted by Gasteiger charge is 2.19. The number of aromatic nitrogens is 4. The van der Waals surface area contributed by atoms with Gasteiger partial charge in [0.1, 0.15) is 22.3 Å². The molecule has 0 bridgehead atoms. The molecule has 3 heterocycles. The van der Waals surface area contributed by atoms with E-state index in [1.54, 1.807) is 12.1 Å². The van der Waals surface area contributed by atoms with Crippen molar-refractivity contribution in [3.05, 3.63) is 41.3 Å². The fourth-order valence-electron chi connectivity index (χ4n) is 2.42. The Morgan fingerprint density at radius 2 is 2.14 bits per heavy atom. The standard InChI is InChI=1S/C14H12FN5S/c15-10-4-2-1-3-9(10)14-17-11(8-21-14)13-19-18-12-7-16-5-6-20(12)13/h1-4,8,16H,5-7H2. The summed E-state index contributed by atoms with van der Waals surface area (Å²) >= 11 is 1.42. The first-order chi connectivity index (χ1) is 10.3. The van der Waals surface area contributed by atoms with Crippen LogP contribution in [0.2, 0.25) is 0 Å². The SMILES string of the molecule is Fc1ccccc1-c1nc(-c2nnc3n2CCNC3)cs1. The smallest absolute Gasteiger partial charge is 0.183 e. The monoisotopic (exact) mass is 301 g/mol. The van der Waals surface area contributed by atoms with Crippen molar-refractivity contribution in [3.8, 4) is 22.1 Å². The Kier molecular flexibility index (Phi) is 3.01. The molecular formula is C14H12FN5S. The molecule has 106 valence electrons. The number of hydrogen-bond acceptors (Lipinski definition) is 5. The van der Waals surface area contributed by atoms with Crippen LogP contribution < -0.4 is 5.32 Å². The van der Waals surface area contributed by atoms with Crippen molar-refractivity contribution in [1.29, 1.82) is 0 Å². The first-order valence-electron chi connectivity index (χ1n) is 6.66. The summed E-state index contributed by atoms with van der Waals surface area (Å²) in [5.41, 5.74) is 1.27. The Balaban J connectivity index is 1.75. The maximum absolute atomic E-state index is 13.8. The van der Waals surface area contributed by atoms with Gasteiger partial charge < -0.3 is 9.88 Å². The summed E-state index contributed by atoms with van der Waals surface area (Å²) in [7, 11) is 0. The Labute approximate surface area is 124 Å². The van der Waals surface area contributed by atoms with Gasteiger partial charge in [0.05, 0.1) is 6.54 Å². The zero-order chi connectivity index (χ0) is 14.2. The van der Waals surface area contributed by atoms with Crippen molar-refractivity contribution >= 4 is 11.3 Å². The molecule has 3 aromatic rings. The molecule has 0 amide bonds. The van der Waals surface area contributed by atoms with Crippen LogP contribution in [0.5, 0.6) is 0 Å². The maximum atomic E-state index is 13.8. The summed E-state index contributed by atoms with van der Waals surface area (Å²) in [5.74, 6) is 1.41. The normalized spacial score (nSPS) is 14.1. The van der Waals surface area contributed by atoms with Gasteiger partial charge in [0.25, 0.3) is 0 Å². The van der Waals surface area contributed by atoms with Crippen molar-refractivity contribution in [1.82, 2.24) is 25.1 Å². The molecule has 7 heteroatoms. The van der Waals surface area contributed by atoms with Gasteiger partial charge in [-0.15, -0.1) is 21.5 Å². The molecule has 2 aromatic heterocycles. The Hall–Kier alpha value is -2.12. The van der Waals surface area contributed by atoms with Crippen LogP contribution in [0.4, 0.5) is 4.39 Å². The Morgan fingerprint density at radius 1 is 1.24 bits per heavy atom. The van der Waals surface area contributed by atoms with Gasteiger partial charge in [0, 0.05) is 24.0 Å². The zero-order valence-electron chi connectivity index (χ0n) is 11.1.